The standard InChI is InChI=1S/C13H17N3S2/c1-11-4-9-17-12(11)10-14-5-3-8-18-13-15-6-2-7-16-13/h2,4,6-7,9,14H,3,5,8,10H2,1H3. The van der Waals surface area contributed by atoms with Crippen LogP contribution in [0.3, 0.4) is 0 Å². The molecule has 0 saturated carbocycles. The Morgan fingerprint density at radius 3 is 2.89 bits per heavy atom. The second kappa shape index (κ2) is 7.51. The summed E-state index contributed by atoms with van der Waals surface area (Å²) in [6, 6.07) is 4.01. The maximum atomic E-state index is 4.18. The summed E-state index contributed by atoms with van der Waals surface area (Å²) in [6.45, 7) is 4.18. The molecule has 2 rings (SSSR count). The van der Waals surface area contributed by atoms with E-state index < -0.39 is 0 Å². The van der Waals surface area contributed by atoms with Gasteiger partial charge in [0.25, 0.3) is 0 Å². The lowest BCUT2D eigenvalue weighted by atomic mass is 10.3. The molecule has 0 fully saturated rings. The van der Waals surface area contributed by atoms with E-state index in [1.54, 1.807) is 24.2 Å². The molecule has 3 nitrogen and oxygen atoms in total. The SMILES string of the molecule is Cc1ccsc1CNCCCSc1ncccn1. The van der Waals surface area contributed by atoms with E-state index in [2.05, 4.69) is 33.7 Å². The van der Waals surface area contributed by atoms with Crippen molar-refractivity contribution < 1.29 is 0 Å². The van der Waals surface area contributed by atoms with Gasteiger partial charge in [0.15, 0.2) is 5.16 Å². The first kappa shape index (κ1) is 13.5. The highest BCUT2D eigenvalue weighted by atomic mass is 32.2. The molecule has 5 heteroatoms. The van der Waals surface area contributed by atoms with Gasteiger partial charge < -0.3 is 5.32 Å². The zero-order valence-corrected chi connectivity index (χ0v) is 12.1. The fourth-order valence-corrected chi connectivity index (χ4v) is 3.13. The zero-order valence-electron chi connectivity index (χ0n) is 10.4. The minimum Gasteiger partial charge on any atom is -0.312 e. The maximum Gasteiger partial charge on any atom is 0.187 e. The molecule has 2 aromatic heterocycles. The highest BCUT2D eigenvalue weighted by Gasteiger charge is 1.99. The molecule has 0 saturated heterocycles. The van der Waals surface area contributed by atoms with Gasteiger partial charge in [-0.25, -0.2) is 9.97 Å². The molecule has 2 heterocycles. The van der Waals surface area contributed by atoms with Crippen LogP contribution >= 0.6 is 23.1 Å². The molecular weight excluding hydrogens is 262 g/mol. The molecule has 2 aromatic rings. The van der Waals surface area contributed by atoms with Crippen LogP contribution in [-0.2, 0) is 6.54 Å². The van der Waals surface area contributed by atoms with Crippen LogP contribution in [0, 0.1) is 6.92 Å². The molecule has 0 spiro atoms. The van der Waals surface area contributed by atoms with Gasteiger partial charge in [0.05, 0.1) is 0 Å². The van der Waals surface area contributed by atoms with Crippen molar-refractivity contribution in [2.75, 3.05) is 12.3 Å². The van der Waals surface area contributed by atoms with Gasteiger partial charge in [0.1, 0.15) is 0 Å². The fourth-order valence-electron chi connectivity index (χ4n) is 1.51. The van der Waals surface area contributed by atoms with E-state index >= 15 is 0 Å². The third-order valence-electron chi connectivity index (χ3n) is 2.52. The van der Waals surface area contributed by atoms with Gasteiger partial charge in [-0.15, -0.1) is 11.3 Å². The van der Waals surface area contributed by atoms with Crippen molar-refractivity contribution >= 4 is 23.1 Å². The Labute approximate surface area is 116 Å². The molecule has 1 N–H and O–H groups in total. The van der Waals surface area contributed by atoms with Gasteiger partial charge in [-0.05, 0) is 43.0 Å². The first-order valence-electron chi connectivity index (χ1n) is 6.00. The fraction of sp³-hybridized carbons (Fsp3) is 0.385. The van der Waals surface area contributed by atoms with Crippen LogP contribution in [0.1, 0.15) is 16.9 Å². The summed E-state index contributed by atoms with van der Waals surface area (Å²) in [5.74, 6) is 1.06. The molecule has 0 unspecified atom stereocenters. The number of nitrogens with one attached hydrogen (secondary N) is 1. The topological polar surface area (TPSA) is 37.8 Å². The number of thiophene rings is 1. The van der Waals surface area contributed by atoms with E-state index in [4.69, 9.17) is 0 Å². The quantitative estimate of drug-likeness (QED) is 0.480. The van der Waals surface area contributed by atoms with E-state index in [1.165, 1.54) is 10.4 Å². The molecule has 0 bridgehead atoms. The normalized spacial score (nSPS) is 10.7. The smallest absolute Gasteiger partial charge is 0.187 e. The number of hydrogen-bond acceptors (Lipinski definition) is 5. The number of nitrogens with zero attached hydrogens (tertiary/aromatic N) is 2. The van der Waals surface area contributed by atoms with Gasteiger partial charge in [0.2, 0.25) is 0 Å². The molecule has 96 valence electrons. The Kier molecular flexibility index (Phi) is 5.64. The monoisotopic (exact) mass is 279 g/mol. The van der Waals surface area contributed by atoms with Crippen molar-refractivity contribution in [3.05, 3.63) is 40.3 Å². The van der Waals surface area contributed by atoms with E-state index in [-0.39, 0.29) is 0 Å². The predicted octanol–water partition coefficient (Wildman–Crippen LogP) is 3.12. The number of aryl methyl sites for hydroxylation is 1. The van der Waals surface area contributed by atoms with Crippen molar-refractivity contribution in [3.63, 3.8) is 0 Å². The number of thioether (sulfide) groups is 1. The molecule has 18 heavy (non-hydrogen) atoms. The summed E-state index contributed by atoms with van der Waals surface area (Å²) in [5, 5.41) is 6.49. The Morgan fingerprint density at radius 2 is 2.17 bits per heavy atom. The summed E-state index contributed by atoms with van der Waals surface area (Å²) in [5.41, 5.74) is 1.39. The van der Waals surface area contributed by atoms with E-state index in [0.717, 1.165) is 30.4 Å². The predicted molar refractivity (Wildman–Crippen MR) is 78.1 cm³/mol. The molecule has 0 amide bonds. The average Bonchev–Trinajstić information content (AvgIpc) is 2.81. The van der Waals surface area contributed by atoms with Gasteiger partial charge >= 0.3 is 0 Å². The first-order valence-corrected chi connectivity index (χ1v) is 7.86. The number of aromatic nitrogens is 2. The molecule has 0 aromatic carbocycles. The summed E-state index contributed by atoms with van der Waals surface area (Å²) in [7, 11) is 0. The van der Waals surface area contributed by atoms with Crippen molar-refractivity contribution in [1.29, 1.82) is 0 Å². The lowest BCUT2D eigenvalue weighted by Gasteiger charge is -2.03. The second-order valence-electron chi connectivity index (χ2n) is 3.94. The van der Waals surface area contributed by atoms with Gasteiger partial charge in [0, 0.05) is 29.6 Å². The summed E-state index contributed by atoms with van der Waals surface area (Å²) >= 11 is 3.53. The molecule has 0 atom stereocenters. The minimum atomic E-state index is 0.867. The lowest BCUT2D eigenvalue weighted by molar-refractivity contribution is 0.683. The first-order chi connectivity index (χ1) is 8.86. The zero-order chi connectivity index (χ0) is 12.6. The number of hydrogen-bond donors (Lipinski definition) is 1. The third kappa shape index (κ3) is 4.40. The Bertz CT molecular complexity index is 456. The van der Waals surface area contributed by atoms with E-state index in [0.29, 0.717) is 0 Å². The van der Waals surface area contributed by atoms with E-state index in [9.17, 15) is 0 Å². The van der Waals surface area contributed by atoms with Crippen molar-refractivity contribution in [3.8, 4) is 0 Å². The molecule has 0 radical (unpaired) electrons. The van der Waals surface area contributed by atoms with Gasteiger partial charge in [-0.2, -0.15) is 0 Å². The van der Waals surface area contributed by atoms with Crippen molar-refractivity contribution in [2.24, 2.45) is 0 Å². The summed E-state index contributed by atoms with van der Waals surface area (Å²) < 4.78 is 0. The highest BCUT2D eigenvalue weighted by Crippen LogP contribution is 2.15. The Balaban J connectivity index is 1.56. The Morgan fingerprint density at radius 1 is 1.33 bits per heavy atom. The van der Waals surface area contributed by atoms with Crippen LogP contribution in [0.2, 0.25) is 0 Å². The van der Waals surface area contributed by atoms with Crippen LogP contribution in [-0.4, -0.2) is 22.3 Å². The van der Waals surface area contributed by atoms with Gasteiger partial charge in [-0.3, -0.25) is 0 Å². The van der Waals surface area contributed by atoms with E-state index in [1.807, 2.05) is 17.4 Å². The van der Waals surface area contributed by atoms with Crippen LogP contribution in [0.25, 0.3) is 0 Å². The van der Waals surface area contributed by atoms with Crippen LogP contribution in [0.4, 0.5) is 0 Å². The largest absolute Gasteiger partial charge is 0.312 e. The third-order valence-corrected chi connectivity index (χ3v) is 4.51. The van der Waals surface area contributed by atoms with Crippen molar-refractivity contribution in [2.45, 2.75) is 25.0 Å². The second-order valence-corrected chi connectivity index (χ2v) is 6.00. The molecule has 0 aliphatic heterocycles. The van der Waals surface area contributed by atoms with Crippen LogP contribution in [0.15, 0.2) is 35.1 Å². The number of rotatable bonds is 7. The lowest BCUT2D eigenvalue weighted by Crippen LogP contribution is -2.15. The van der Waals surface area contributed by atoms with Crippen LogP contribution in [0.5, 0.6) is 0 Å². The minimum absolute atomic E-state index is 0.867. The molecule has 0 aliphatic rings. The highest BCUT2D eigenvalue weighted by molar-refractivity contribution is 7.99. The van der Waals surface area contributed by atoms with Crippen molar-refractivity contribution in [1.82, 2.24) is 15.3 Å². The average molecular weight is 279 g/mol. The summed E-state index contributed by atoms with van der Waals surface area (Å²) in [6.07, 6.45) is 4.70. The maximum absolute atomic E-state index is 4.18. The molecular formula is C13H17N3S2. The molecule has 0 aliphatic carbocycles. The van der Waals surface area contributed by atoms with Gasteiger partial charge in [-0.1, -0.05) is 11.8 Å². The Hall–Kier alpha value is -0.910. The van der Waals surface area contributed by atoms with Crippen LogP contribution < -0.4 is 5.32 Å². The summed E-state index contributed by atoms with van der Waals surface area (Å²) in [4.78, 5) is 9.80.